The molecule has 0 atom stereocenters. The van der Waals surface area contributed by atoms with E-state index in [2.05, 4.69) is 155 Å². The minimum absolute atomic E-state index is 0.389. The molecule has 0 radical (unpaired) electrons. The highest BCUT2D eigenvalue weighted by atomic mass is 32.2. The summed E-state index contributed by atoms with van der Waals surface area (Å²) in [5.41, 5.74) is 11.4. The largest absolute Gasteiger partial charge is 0.324 e. The van der Waals surface area contributed by atoms with Gasteiger partial charge in [0.15, 0.2) is 6.17 Å². The van der Waals surface area contributed by atoms with Gasteiger partial charge in [-0.05, 0) is 70.3 Å². The van der Waals surface area contributed by atoms with Crippen LogP contribution in [0.2, 0.25) is 0 Å². The fourth-order valence-electron chi connectivity index (χ4n) is 7.39. The number of rotatable bonds is 5. The van der Waals surface area contributed by atoms with Crippen molar-refractivity contribution in [2.24, 2.45) is 9.98 Å². The molecule has 1 N–H and O–H groups in total. The number of nitrogens with one attached hydrogen (secondary N) is 1. The van der Waals surface area contributed by atoms with Gasteiger partial charge in [-0.15, -0.1) is 0 Å². The third kappa shape index (κ3) is 5.34. The van der Waals surface area contributed by atoms with Crippen LogP contribution in [0.4, 0.5) is 0 Å². The molecule has 0 aliphatic carbocycles. The molecule has 0 bridgehead atoms. The van der Waals surface area contributed by atoms with Crippen molar-refractivity contribution in [2.45, 2.75) is 16.0 Å². The van der Waals surface area contributed by atoms with Crippen LogP contribution in [0, 0.1) is 0 Å². The molecule has 0 fully saturated rings. The lowest BCUT2D eigenvalue weighted by molar-refractivity contribution is 0.756. The molecule has 8 aromatic rings. The van der Waals surface area contributed by atoms with Crippen LogP contribution in [0.5, 0.6) is 0 Å². The zero-order valence-corrected chi connectivity index (χ0v) is 29.0. The number of amidine groups is 2. The number of aromatic nitrogens is 1. The van der Waals surface area contributed by atoms with Crippen molar-refractivity contribution in [1.82, 2.24) is 9.88 Å². The predicted octanol–water partition coefficient (Wildman–Crippen LogP) is 11.6. The van der Waals surface area contributed by atoms with Crippen molar-refractivity contribution in [1.29, 1.82) is 0 Å². The summed E-state index contributed by atoms with van der Waals surface area (Å²) in [6.45, 7) is 0. The summed E-state index contributed by atoms with van der Waals surface area (Å²) in [4.78, 5) is 12.8. The van der Waals surface area contributed by atoms with E-state index >= 15 is 0 Å². The van der Waals surface area contributed by atoms with E-state index in [9.17, 15) is 0 Å². The second-order valence-corrected chi connectivity index (χ2v) is 14.1. The molecule has 2 aliphatic rings. The zero-order chi connectivity index (χ0) is 34.4. The van der Waals surface area contributed by atoms with Crippen LogP contribution in [0.3, 0.4) is 0 Å². The third-order valence-electron chi connectivity index (χ3n) is 9.86. The quantitative estimate of drug-likeness (QED) is 0.196. The number of hydrogen-bond acceptors (Lipinski definition) is 4. The summed E-state index contributed by atoms with van der Waals surface area (Å²) in [6, 6.07) is 60.1. The summed E-state index contributed by atoms with van der Waals surface area (Å²) >= 11 is 1.85. The Bertz CT molecular complexity index is 2690. The SMILES string of the molecule is C1=Cc2c(ccc3c2c2ccccc2n3-c2cccc(-c3cccc(C4N=C(c5ccccc5)NC(c5ccccc5)=N4)c3)c2)Sc2ccccc21. The standard InChI is InChI=1S/C47H32N4S/c1-3-14-32(15-4-1)45-48-46(33-16-5-2-6-17-33)50-47(49-45)36-20-11-18-34(29-36)35-19-12-21-37(30-35)51-40-23-9-8-22-38(40)44-39-26-25-31-13-7-10-24-42(31)52-43(39)28-27-41(44)51/h1-30,47H,(H,48,49,50). The average molecular weight is 685 g/mol. The summed E-state index contributed by atoms with van der Waals surface area (Å²) in [5.74, 6) is 1.63. The highest BCUT2D eigenvalue weighted by molar-refractivity contribution is 7.99. The maximum atomic E-state index is 5.12. The average Bonchev–Trinajstić information content (AvgIpc) is 3.43. The normalized spacial score (nSPS) is 13.9. The molecular formula is C47H32N4S. The fourth-order valence-corrected chi connectivity index (χ4v) is 8.45. The van der Waals surface area contributed by atoms with Gasteiger partial charge in [-0.1, -0.05) is 151 Å². The molecular weight excluding hydrogens is 653 g/mol. The van der Waals surface area contributed by atoms with Crippen molar-refractivity contribution in [3.63, 3.8) is 0 Å². The fraction of sp³-hybridized carbons (Fsp3) is 0.0213. The zero-order valence-electron chi connectivity index (χ0n) is 28.1. The van der Waals surface area contributed by atoms with Crippen molar-refractivity contribution in [2.75, 3.05) is 0 Å². The first kappa shape index (κ1) is 30.4. The Labute approximate surface area is 306 Å². The van der Waals surface area contributed by atoms with E-state index < -0.39 is 0 Å². The molecule has 0 unspecified atom stereocenters. The van der Waals surface area contributed by atoms with Crippen molar-refractivity contribution < 1.29 is 0 Å². The number of aliphatic imine (C=N–C) groups is 2. The van der Waals surface area contributed by atoms with Gasteiger partial charge in [0.1, 0.15) is 11.7 Å². The molecule has 5 heteroatoms. The number of benzene rings is 7. The van der Waals surface area contributed by atoms with E-state index in [0.29, 0.717) is 0 Å². The summed E-state index contributed by atoms with van der Waals surface area (Å²) < 4.78 is 2.41. The molecule has 1 aromatic heterocycles. The molecule has 10 rings (SSSR count). The highest BCUT2D eigenvalue weighted by Crippen LogP contribution is 2.44. The predicted molar refractivity (Wildman–Crippen MR) is 218 cm³/mol. The number of para-hydroxylation sites is 1. The topological polar surface area (TPSA) is 41.7 Å². The lowest BCUT2D eigenvalue weighted by atomic mass is 10.0. The molecule has 7 aromatic carbocycles. The molecule has 0 amide bonds. The number of hydrogen-bond donors (Lipinski definition) is 1. The monoisotopic (exact) mass is 684 g/mol. The van der Waals surface area contributed by atoms with Gasteiger partial charge in [0.05, 0.1) is 11.0 Å². The van der Waals surface area contributed by atoms with Crippen LogP contribution in [0.1, 0.15) is 34.0 Å². The number of fused-ring (bicyclic) bond motifs is 6. The second-order valence-electron chi connectivity index (χ2n) is 13.1. The Morgan fingerprint density at radius 1 is 0.500 bits per heavy atom. The minimum Gasteiger partial charge on any atom is -0.324 e. The van der Waals surface area contributed by atoms with E-state index in [1.54, 1.807) is 0 Å². The first-order valence-corrected chi connectivity index (χ1v) is 18.3. The van der Waals surface area contributed by atoms with E-state index in [1.165, 1.54) is 42.7 Å². The van der Waals surface area contributed by atoms with Gasteiger partial charge in [0.2, 0.25) is 0 Å². The van der Waals surface area contributed by atoms with Gasteiger partial charge in [0, 0.05) is 37.4 Å². The van der Waals surface area contributed by atoms with Gasteiger partial charge < -0.3 is 9.88 Å². The van der Waals surface area contributed by atoms with Gasteiger partial charge in [-0.3, -0.25) is 0 Å². The van der Waals surface area contributed by atoms with Crippen LogP contribution in [0.15, 0.2) is 190 Å². The first-order chi connectivity index (χ1) is 25.8. The van der Waals surface area contributed by atoms with Crippen molar-refractivity contribution >= 4 is 57.4 Å². The second kappa shape index (κ2) is 12.7. The van der Waals surface area contributed by atoms with Gasteiger partial charge in [0.25, 0.3) is 0 Å². The maximum absolute atomic E-state index is 5.12. The molecule has 4 nitrogen and oxygen atoms in total. The maximum Gasteiger partial charge on any atom is 0.169 e. The smallest absolute Gasteiger partial charge is 0.169 e. The Balaban J connectivity index is 1.07. The lowest BCUT2D eigenvalue weighted by Gasteiger charge is -2.22. The first-order valence-electron chi connectivity index (χ1n) is 17.5. The molecule has 0 spiro atoms. The Morgan fingerprint density at radius 3 is 1.94 bits per heavy atom. The molecule has 0 saturated heterocycles. The highest BCUT2D eigenvalue weighted by Gasteiger charge is 2.22. The molecule has 3 heterocycles. The van der Waals surface area contributed by atoms with Crippen LogP contribution in [-0.2, 0) is 0 Å². The van der Waals surface area contributed by atoms with E-state index in [0.717, 1.165) is 45.2 Å². The van der Waals surface area contributed by atoms with Crippen LogP contribution in [-0.4, -0.2) is 16.2 Å². The molecule has 52 heavy (non-hydrogen) atoms. The Morgan fingerprint density at radius 2 is 1.15 bits per heavy atom. The van der Waals surface area contributed by atoms with Crippen LogP contribution >= 0.6 is 11.8 Å². The van der Waals surface area contributed by atoms with Crippen LogP contribution < -0.4 is 5.32 Å². The Hall–Kier alpha value is -6.43. The third-order valence-corrected chi connectivity index (χ3v) is 11.0. The summed E-state index contributed by atoms with van der Waals surface area (Å²) in [5, 5.41) is 6.04. The van der Waals surface area contributed by atoms with E-state index in [4.69, 9.17) is 9.98 Å². The van der Waals surface area contributed by atoms with E-state index in [1.807, 2.05) is 48.2 Å². The van der Waals surface area contributed by atoms with Crippen molar-refractivity contribution in [3.8, 4) is 16.8 Å². The van der Waals surface area contributed by atoms with Gasteiger partial charge in [-0.2, -0.15) is 0 Å². The molecule has 246 valence electrons. The van der Waals surface area contributed by atoms with E-state index in [-0.39, 0.29) is 6.17 Å². The molecule has 0 saturated carbocycles. The minimum atomic E-state index is -0.389. The van der Waals surface area contributed by atoms with Crippen molar-refractivity contribution in [3.05, 3.63) is 198 Å². The Kier molecular flexibility index (Phi) is 7.43. The summed E-state index contributed by atoms with van der Waals surface area (Å²) in [6.07, 6.45) is 4.17. The number of nitrogens with zero attached hydrogens (tertiary/aromatic N) is 3. The summed E-state index contributed by atoms with van der Waals surface area (Å²) in [7, 11) is 0. The molecule has 2 aliphatic heterocycles. The van der Waals surface area contributed by atoms with Gasteiger partial charge in [-0.25, -0.2) is 9.98 Å². The van der Waals surface area contributed by atoms with Crippen LogP contribution in [0.25, 0.3) is 50.8 Å². The van der Waals surface area contributed by atoms with Gasteiger partial charge >= 0.3 is 0 Å². The lowest BCUT2D eigenvalue weighted by Crippen LogP contribution is -2.35.